The highest BCUT2D eigenvalue weighted by Crippen LogP contribution is 2.14. The van der Waals surface area contributed by atoms with Gasteiger partial charge in [-0.15, -0.1) is 0 Å². The number of ether oxygens (including phenoxy) is 4. The average Bonchev–Trinajstić information content (AvgIpc) is 3.19. The minimum Gasteiger partial charge on any atom is -0.481 e. The largest absolute Gasteiger partial charge is 0.481 e. The first kappa shape index (κ1) is 55.6. The number of rotatable bonds is 43. The minimum atomic E-state index is -1.20. The predicted molar refractivity (Wildman–Crippen MR) is 218 cm³/mol. The van der Waals surface area contributed by atoms with E-state index in [-0.39, 0.29) is 122 Å². The molecule has 0 aliphatic rings. The summed E-state index contributed by atoms with van der Waals surface area (Å²) in [6.07, 6.45) is 14.9. The van der Waals surface area contributed by atoms with Crippen LogP contribution in [0, 0.1) is 0 Å². The zero-order valence-electron chi connectivity index (χ0n) is 35.2. The summed E-state index contributed by atoms with van der Waals surface area (Å²) >= 11 is 0. The Labute approximate surface area is 353 Å². The fourth-order valence-electron chi connectivity index (χ4n) is 5.71. The van der Waals surface area contributed by atoms with E-state index in [2.05, 4.69) is 21.3 Å². The van der Waals surface area contributed by atoms with Crippen molar-refractivity contribution in [1.29, 1.82) is 0 Å². The molecule has 346 valence electrons. The second kappa shape index (κ2) is 38.8. The molecule has 20 heteroatoms. The van der Waals surface area contributed by atoms with Gasteiger partial charge in [-0.25, -0.2) is 4.79 Å². The van der Waals surface area contributed by atoms with Crippen LogP contribution in [-0.2, 0) is 57.3 Å². The van der Waals surface area contributed by atoms with Gasteiger partial charge in [-0.1, -0.05) is 77.0 Å². The highest BCUT2D eigenvalue weighted by molar-refractivity contribution is 5.87. The summed E-state index contributed by atoms with van der Waals surface area (Å²) in [7, 11) is 0. The third kappa shape index (κ3) is 37.8. The van der Waals surface area contributed by atoms with E-state index in [1.54, 1.807) is 0 Å². The van der Waals surface area contributed by atoms with E-state index in [0.29, 0.717) is 6.42 Å². The highest BCUT2D eigenvalue weighted by Gasteiger charge is 2.21. The first-order chi connectivity index (χ1) is 28.8. The predicted octanol–water partition coefficient (Wildman–Crippen LogP) is 1.80. The van der Waals surface area contributed by atoms with Crippen molar-refractivity contribution in [3.63, 3.8) is 0 Å². The fourth-order valence-corrected chi connectivity index (χ4v) is 5.71. The number of nitrogens with two attached hydrogens (primary N) is 1. The van der Waals surface area contributed by atoms with Crippen LogP contribution < -0.4 is 27.0 Å². The van der Waals surface area contributed by atoms with Crippen molar-refractivity contribution < 1.29 is 72.6 Å². The molecule has 0 aliphatic heterocycles. The van der Waals surface area contributed by atoms with Crippen molar-refractivity contribution in [2.24, 2.45) is 5.73 Å². The molecule has 0 rings (SSSR count). The van der Waals surface area contributed by atoms with Crippen molar-refractivity contribution in [3.8, 4) is 0 Å². The summed E-state index contributed by atoms with van der Waals surface area (Å²) in [6, 6.07) is -2.27. The second-order valence-electron chi connectivity index (χ2n) is 14.3. The number of carboxylic acids is 3. The Balaban J connectivity index is 3.72. The van der Waals surface area contributed by atoms with Crippen molar-refractivity contribution in [1.82, 2.24) is 21.3 Å². The molecule has 60 heavy (non-hydrogen) atoms. The summed E-state index contributed by atoms with van der Waals surface area (Å²) in [4.78, 5) is 92.3. The number of carboxylic acid groups (broad SMARTS) is 3. The molecule has 0 aliphatic carbocycles. The van der Waals surface area contributed by atoms with Crippen LogP contribution in [0.15, 0.2) is 0 Å². The fraction of sp³-hybridized carbons (Fsp3) is 0.800. The third-order valence-corrected chi connectivity index (χ3v) is 9.01. The molecule has 0 saturated heterocycles. The Morgan fingerprint density at radius 1 is 0.417 bits per heavy atom. The normalized spacial score (nSPS) is 11.9. The maximum atomic E-state index is 12.3. The molecular formula is C40H71N5O15. The van der Waals surface area contributed by atoms with E-state index in [1.165, 1.54) is 38.5 Å². The number of amides is 5. The summed E-state index contributed by atoms with van der Waals surface area (Å²) in [5, 5.41) is 36.9. The lowest BCUT2D eigenvalue weighted by molar-refractivity contribution is -0.142. The smallest absolute Gasteiger partial charge is 0.326 e. The van der Waals surface area contributed by atoms with Gasteiger partial charge in [0.15, 0.2) is 0 Å². The van der Waals surface area contributed by atoms with Crippen LogP contribution in [0.2, 0.25) is 0 Å². The molecule has 0 bridgehead atoms. The van der Waals surface area contributed by atoms with E-state index >= 15 is 0 Å². The van der Waals surface area contributed by atoms with Crippen molar-refractivity contribution in [3.05, 3.63) is 0 Å². The zero-order chi connectivity index (χ0) is 44.6. The topological polar surface area (TPSA) is 308 Å². The molecule has 0 aromatic carbocycles. The molecule has 2 atom stereocenters. The van der Waals surface area contributed by atoms with Gasteiger partial charge in [-0.2, -0.15) is 0 Å². The molecular weight excluding hydrogens is 790 g/mol. The lowest BCUT2D eigenvalue weighted by Crippen LogP contribution is -2.46. The highest BCUT2D eigenvalue weighted by atomic mass is 16.5. The number of hydrogen-bond donors (Lipinski definition) is 8. The van der Waals surface area contributed by atoms with Gasteiger partial charge in [0.05, 0.1) is 39.6 Å². The van der Waals surface area contributed by atoms with Gasteiger partial charge in [0.1, 0.15) is 25.3 Å². The molecule has 0 fully saturated rings. The van der Waals surface area contributed by atoms with Gasteiger partial charge in [-0.3, -0.25) is 33.6 Å². The van der Waals surface area contributed by atoms with Crippen LogP contribution in [0.3, 0.4) is 0 Å². The number of carbonyl (C=O) groups is 8. The van der Waals surface area contributed by atoms with Crippen LogP contribution in [0.5, 0.6) is 0 Å². The summed E-state index contributed by atoms with van der Waals surface area (Å²) < 4.78 is 21.0. The lowest BCUT2D eigenvalue weighted by atomic mass is 10.0. The molecule has 0 heterocycles. The molecule has 0 radical (unpaired) electrons. The molecule has 0 aromatic heterocycles. The molecule has 0 spiro atoms. The Kier molecular flexibility index (Phi) is 35.9. The van der Waals surface area contributed by atoms with E-state index < -0.39 is 41.8 Å². The van der Waals surface area contributed by atoms with Gasteiger partial charge >= 0.3 is 17.9 Å². The second-order valence-corrected chi connectivity index (χ2v) is 14.3. The number of carbonyl (C=O) groups excluding carboxylic acids is 5. The number of hydrogen-bond acceptors (Lipinski definition) is 12. The molecule has 0 aromatic rings. The Hall–Kier alpha value is -4.40. The maximum Gasteiger partial charge on any atom is 0.326 e. The molecule has 20 nitrogen and oxygen atoms in total. The van der Waals surface area contributed by atoms with Gasteiger partial charge in [0, 0.05) is 38.8 Å². The van der Waals surface area contributed by atoms with Gasteiger partial charge < -0.3 is 61.3 Å². The first-order valence-electron chi connectivity index (χ1n) is 21.2. The first-order valence-corrected chi connectivity index (χ1v) is 21.2. The van der Waals surface area contributed by atoms with Crippen molar-refractivity contribution in [2.45, 2.75) is 141 Å². The van der Waals surface area contributed by atoms with Crippen molar-refractivity contribution in [2.75, 3.05) is 65.9 Å². The third-order valence-electron chi connectivity index (χ3n) is 9.01. The maximum absolute atomic E-state index is 12.3. The number of unbranched alkanes of at least 4 members (excludes halogenated alkanes) is 13. The summed E-state index contributed by atoms with van der Waals surface area (Å²) in [5.74, 6) is -5.61. The summed E-state index contributed by atoms with van der Waals surface area (Å²) in [5.41, 5.74) is 5.16. The Bertz CT molecular complexity index is 1240. The summed E-state index contributed by atoms with van der Waals surface area (Å²) in [6.45, 7) is 0.639. The van der Waals surface area contributed by atoms with Crippen LogP contribution >= 0.6 is 0 Å². The van der Waals surface area contributed by atoms with E-state index in [4.69, 9.17) is 34.9 Å². The van der Waals surface area contributed by atoms with Gasteiger partial charge in [0.2, 0.25) is 29.5 Å². The molecule has 9 N–H and O–H groups in total. The quantitative estimate of drug-likeness (QED) is 0.0406. The average molecular weight is 862 g/mol. The van der Waals surface area contributed by atoms with Gasteiger partial charge in [-0.05, 0) is 25.7 Å². The van der Waals surface area contributed by atoms with Crippen LogP contribution in [0.4, 0.5) is 0 Å². The van der Waals surface area contributed by atoms with Gasteiger partial charge in [0.25, 0.3) is 0 Å². The lowest BCUT2D eigenvalue weighted by Gasteiger charge is -2.14. The van der Waals surface area contributed by atoms with E-state index in [0.717, 1.165) is 44.9 Å². The SMILES string of the molecule is NC(=O)C(CCC(=O)O)NC(=O)COCCOCCNC(=O)COCCOCCNC(=O)CCC(NC(=O)CCCCCCCCCCCCCCCCC(=O)O)C(=O)O. The Morgan fingerprint density at radius 2 is 0.817 bits per heavy atom. The number of aliphatic carboxylic acids is 3. The zero-order valence-corrected chi connectivity index (χ0v) is 35.2. The molecule has 5 amide bonds. The number of nitrogens with one attached hydrogen (secondary N) is 4. The van der Waals surface area contributed by atoms with E-state index in [1.807, 2.05) is 0 Å². The van der Waals surface area contributed by atoms with Crippen LogP contribution in [0.25, 0.3) is 0 Å². The Morgan fingerprint density at radius 3 is 1.28 bits per heavy atom. The molecule has 0 saturated carbocycles. The van der Waals surface area contributed by atoms with Crippen LogP contribution in [-0.4, -0.2) is 141 Å². The van der Waals surface area contributed by atoms with Crippen molar-refractivity contribution >= 4 is 47.4 Å². The van der Waals surface area contributed by atoms with E-state index in [9.17, 15) is 43.5 Å². The molecule has 2 unspecified atom stereocenters. The minimum absolute atomic E-state index is 0.0435. The van der Waals surface area contributed by atoms with Crippen LogP contribution in [0.1, 0.15) is 128 Å². The number of primary amides is 1. The monoisotopic (exact) mass is 861 g/mol. The standard InChI is InChI=1S/C40H71N5O15/c41-39(54)31(18-20-38(52)53)44-36(49)30-60-28-26-58-24-22-43-35(48)29-59-27-25-57-23-21-42-33(46)19-17-32(40(55)56)45-34(47)15-13-11-9-7-5-3-1-2-4-6-8-10-12-14-16-37(50)51/h31-32H,1-30H2,(H2,41,54)(H,42,46)(H,43,48)(H,44,49)(H,45,47)(H,50,51)(H,52,53)(H,55,56).